The highest BCUT2D eigenvalue weighted by Crippen LogP contribution is 2.29. The molecule has 4 nitrogen and oxygen atoms in total. The molecule has 1 heterocycles. The minimum Gasteiger partial charge on any atom is -0.313 e. The molecule has 1 aromatic carbocycles. The Morgan fingerprint density at radius 3 is 2.81 bits per heavy atom. The lowest BCUT2D eigenvalue weighted by molar-refractivity contribution is 0.281. The number of sulfonamides is 1. The number of rotatable bonds is 5. The first-order valence-electron chi connectivity index (χ1n) is 7.44. The topological polar surface area (TPSA) is 49.4 Å². The zero-order chi connectivity index (χ0) is 15.5. The Kier molecular flexibility index (Phi) is 5.82. The molecule has 21 heavy (non-hydrogen) atoms. The van der Waals surface area contributed by atoms with Crippen molar-refractivity contribution in [1.29, 1.82) is 0 Å². The molecule has 0 bridgehead atoms. The second kappa shape index (κ2) is 7.22. The van der Waals surface area contributed by atoms with Crippen LogP contribution in [0.15, 0.2) is 27.6 Å². The van der Waals surface area contributed by atoms with Gasteiger partial charge in [-0.25, -0.2) is 8.42 Å². The third-order valence-corrected chi connectivity index (χ3v) is 6.65. The summed E-state index contributed by atoms with van der Waals surface area (Å²) in [6.45, 7) is 7.04. The van der Waals surface area contributed by atoms with Crippen LogP contribution in [-0.2, 0) is 16.6 Å². The highest BCUT2D eigenvalue weighted by atomic mass is 79.9. The van der Waals surface area contributed by atoms with Gasteiger partial charge in [-0.05, 0) is 58.9 Å². The van der Waals surface area contributed by atoms with Crippen molar-refractivity contribution in [2.24, 2.45) is 5.92 Å². The predicted octanol–water partition coefficient (Wildman–Crippen LogP) is 2.98. The van der Waals surface area contributed by atoms with Crippen LogP contribution in [0.5, 0.6) is 0 Å². The molecule has 0 radical (unpaired) electrons. The Morgan fingerprint density at radius 2 is 2.19 bits per heavy atom. The Bertz CT molecular complexity index is 589. The fourth-order valence-electron chi connectivity index (χ4n) is 2.64. The van der Waals surface area contributed by atoms with Crippen molar-refractivity contribution in [3.63, 3.8) is 0 Å². The van der Waals surface area contributed by atoms with E-state index in [9.17, 15) is 8.42 Å². The van der Waals surface area contributed by atoms with Crippen LogP contribution in [0.2, 0.25) is 0 Å². The summed E-state index contributed by atoms with van der Waals surface area (Å²) in [6.07, 6.45) is 2.05. The van der Waals surface area contributed by atoms with E-state index in [1.54, 1.807) is 10.4 Å². The first-order chi connectivity index (χ1) is 9.95. The van der Waals surface area contributed by atoms with Crippen molar-refractivity contribution >= 4 is 26.0 Å². The molecule has 1 N–H and O–H groups in total. The monoisotopic (exact) mass is 374 g/mol. The van der Waals surface area contributed by atoms with Gasteiger partial charge in [-0.2, -0.15) is 4.31 Å². The lowest BCUT2D eigenvalue weighted by atomic mass is 10.0. The molecule has 1 aromatic rings. The Labute approximate surface area is 136 Å². The zero-order valence-electron chi connectivity index (χ0n) is 12.6. The minimum absolute atomic E-state index is 0.372. The van der Waals surface area contributed by atoms with Crippen LogP contribution in [0, 0.1) is 5.92 Å². The molecule has 0 saturated carbocycles. The van der Waals surface area contributed by atoms with E-state index in [4.69, 9.17) is 0 Å². The lowest BCUT2D eigenvalue weighted by Gasteiger charge is -2.30. The number of halogens is 1. The number of hydrogen-bond donors (Lipinski definition) is 1. The van der Waals surface area contributed by atoms with E-state index in [1.807, 2.05) is 19.1 Å². The second-order valence-corrected chi connectivity index (χ2v) is 8.42. The SMILES string of the molecule is CCNCc1ccc(S(=O)(=O)N2CCCC(C)C2)c(Br)c1. The maximum atomic E-state index is 12.8. The van der Waals surface area contributed by atoms with Crippen molar-refractivity contribution in [2.75, 3.05) is 19.6 Å². The summed E-state index contributed by atoms with van der Waals surface area (Å²) in [4.78, 5) is 0.372. The Morgan fingerprint density at radius 1 is 1.43 bits per heavy atom. The number of nitrogens with zero attached hydrogens (tertiary/aromatic N) is 1. The van der Waals surface area contributed by atoms with Gasteiger partial charge in [0.15, 0.2) is 0 Å². The molecule has 118 valence electrons. The number of benzene rings is 1. The van der Waals surface area contributed by atoms with Gasteiger partial charge in [0.25, 0.3) is 0 Å². The van der Waals surface area contributed by atoms with Crippen molar-refractivity contribution in [3.8, 4) is 0 Å². The Balaban J connectivity index is 2.23. The highest BCUT2D eigenvalue weighted by Gasteiger charge is 2.30. The van der Waals surface area contributed by atoms with E-state index in [0.717, 1.165) is 31.5 Å². The fraction of sp³-hybridized carbons (Fsp3) is 0.600. The molecule has 1 aliphatic rings. The van der Waals surface area contributed by atoms with Crippen LogP contribution in [-0.4, -0.2) is 32.4 Å². The van der Waals surface area contributed by atoms with Gasteiger partial charge in [-0.1, -0.05) is 19.9 Å². The molecular formula is C15H23BrN2O2S. The molecule has 6 heteroatoms. The van der Waals surface area contributed by atoms with Crippen LogP contribution < -0.4 is 5.32 Å². The predicted molar refractivity (Wildman–Crippen MR) is 88.7 cm³/mol. The summed E-state index contributed by atoms with van der Waals surface area (Å²) in [5, 5.41) is 3.24. The third-order valence-electron chi connectivity index (χ3n) is 3.81. The summed E-state index contributed by atoms with van der Waals surface area (Å²) in [7, 11) is -3.40. The molecule has 1 unspecified atom stereocenters. The average molecular weight is 375 g/mol. The van der Waals surface area contributed by atoms with E-state index < -0.39 is 10.0 Å². The molecule has 0 aliphatic carbocycles. The van der Waals surface area contributed by atoms with Gasteiger partial charge in [0, 0.05) is 24.1 Å². The largest absolute Gasteiger partial charge is 0.313 e. The summed E-state index contributed by atoms with van der Waals surface area (Å²) in [5.41, 5.74) is 1.08. The fourth-order valence-corrected chi connectivity index (χ4v) is 5.32. The van der Waals surface area contributed by atoms with Gasteiger partial charge in [0.05, 0.1) is 4.90 Å². The minimum atomic E-state index is -3.40. The number of nitrogens with one attached hydrogen (secondary N) is 1. The van der Waals surface area contributed by atoms with Crippen LogP contribution in [0.25, 0.3) is 0 Å². The normalized spacial score (nSPS) is 20.6. The van der Waals surface area contributed by atoms with Crippen molar-refractivity contribution in [1.82, 2.24) is 9.62 Å². The molecule has 1 aliphatic heterocycles. The summed E-state index contributed by atoms with van der Waals surface area (Å²) in [6, 6.07) is 5.49. The van der Waals surface area contributed by atoms with Crippen LogP contribution in [0.1, 0.15) is 32.3 Å². The molecule has 0 amide bonds. The maximum Gasteiger partial charge on any atom is 0.244 e. The maximum absolute atomic E-state index is 12.8. The van der Waals surface area contributed by atoms with E-state index in [0.29, 0.717) is 28.4 Å². The van der Waals surface area contributed by atoms with Crippen LogP contribution in [0.4, 0.5) is 0 Å². The van der Waals surface area contributed by atoms with Gasteiger partial charge in [-0.15, -0.1) is 0 Å². The van der Waals surface area contributed by atoms with Gasteiger partial charge in [0.2, 0.25) is 10.0 Å². The second-order valence-electron chi connectivity index (χ2n) is 5.66. The van der Waals surface area contributed by atoms with Crippen LogP contribution >= 0.6 is 15.9 Å². The van der Waals surface area contributed by atoms with Gasteiger partial charge in [-0.3, -0.25) is 0 Å². The summed E-state index contributed by atoms with van der Waals surface area (Å²) in [5.74, 6) is 0.431. The molecule has 0 spiro atoms. The molecular weight excluding hydrogens is 352 g/mol. The zero-order valence-corrected chi connectivity index (χ0v) is 15.0. The van der Waals surface area contributed by atoms with Crippen molar-refractivity contribution < 1.29 is 8.42 Å². The average Bonchev–Trinajstić information content (AvgIpc) is 2.45. The van der Waals surface area contributed by atoms with Crippen molar-refractivity contribution in [3.05, 3.63) is 28.2 Å². The van der Waals surface area contributed by atoms with E-state index in [-0.39, 0.29) is 0 Å². The highest BCUT2D eigenvalue weighted by molar-refractivity contribution is 9.10. The molecule has 1 fully saturated rings. The smallest absolute Gasteiger partial charge is 0.244 e. The molecule has 1 atom stereocenters. The summed E-state index contributed by atoms with van der Waals surface area (Å²) < 4.78 is 27.8. The van der Waals surface area contributed by atoms with Crippen LogP contribution in [0.3, 0.4) is 0 Å². The molecule has 0 aromatic heterocycles. The van der Waals surface area contributed by atoms with E-state index in [1.165, 1.54) is 0 Å². The van der Waals surface area contributed by atoms with E-state index >= 15 is 0 Å². The summed E-state index contributed by atoms with van der Waals surface area (Å²) >= 11 is 3.42. The van der Waals surface area contributed by atoms with Gasteiger partial charge < -0.3 is 5.32 Å². The van der Waals surface area contributed by atoms with Gasteiger partial charge >= 0.3 is 0 Å². The third kappa shape index (κ3) is 4.06. The number of hydrogen-bond acceptors (Lipinski definition) is 3. The molecule has 1 saturated heterocycles. The molecule has 2 rings (SSSR count). The van der Waals surface area contributed by atoms with Gasteiger partial charge in [0.1, 0.15) is 0 Å². The first kappa shape index (κ1) is 16.9. The Hall–Kier alpha value is -0.430. The quantitative estimate of drug-likeness (QED) is 0.861. The number of piperidine rings is 1. The standard InChI is InChI=1S/C15H23BrN2O2S/c1-3-17-10-13-6-7-15(14(16)9-13)21(19,20)18-8-4-5-12(2)11-18/h6-7,9,12,17H,3-5,8,10-11H2,1-2H3. The lowest BCUT2D eigenvalue weighted by Crippen LogP contribution is -2.39. The van der Waals surface area contributed by atoms with Crippen molar-refractivity contribution in [2.45, 2.75) is 38.1 Å². The van der Waals surface area contributed by atoms with E-state index in [2.05, 4.69) is 28.2 Å². The first-order valence-corrected chi connectivity index (χ1v) is 9.67.